The minimum atomic E-state index is -4.53. The molecule has 202 valence electrons. The summed E-state index contributed by atoms with van der Waals surface area (Å²) in [6.07, 6.45) is 2.47. The van der Waals surface area contributed by atoms with Crippen LogP contribution in [0, 0.1) is 0 Å². The summed E-state index contributed by atoms with van der Waals surface area (Å²) in [5, 5.41) is 9.55. The Hall–Kier alpha value is -4.22. The van der Waals surface area contributed by atoms with Gasteiger partial charge in [0.1, 0.15) is 0 Å². The molecule has 2 amide bonds. The van der Waals surface area contributed by atoms with Crippen LogP contribution >= 0.6 is 0 Å². The first kappa shape index (κ1) is 26.4. The number of nitrogens with one attached hydrogen (secondary N) is 2. The molecule has 2 N–H and O–H groups in total. The number of rotatable bonds is 6. The summed E-state index contributed by atoms with van der Waals surface area (Å²) in [6, 6.07) is 14.1. The number of hydrogen-bond acceptors (Lipinski definition) is 5. The van der Waals surface area contributed by atoms with Crippen molar-refractivity contribution >= 4 is 17.4 Å². The minimum Gasteiger partial charge on any atom is -0.308 e. The van der Waals surface area contributed by atoms with Gasteiger partial charge in [0.25, 0.3) is 0 Å². The Morgan fingerprint density at radius 2 is 1.64 bits per heavy atom. The fraction of sp³-hybridized carbons (Fsp3) is 0.250. The number of benzene rings is 2. The highest BCUT2D eigenvalue weighted by atomic mass is 19.4. The van der Waals surface area contributed by atoms with Crippen LogP contribution in [0.1, 0.15) is 11.1 Å². The van der Waals surface area contributed by atoms with E-state index < -0.39 is 17.8 Å². The van der Waals surface area contributed by atoms with Crippen molar-refractivity contribution in [3.8, 4) is 16.8 Å². The van der Waals surface area contributed by atoms with Crippen molar-refractivity contribution in [2.24, 2.45) is 0 Å². The first-order chi connectivity index (χ1) is 18.7. The first-order valence-electron chi connectivity index (χ1n) is 12.5. The molecule has 8 nitrogen and oxygen atoms in total. The highest BCUT2D eigenvalue weighted by Gasteiger charge is 2.34. The smallest absolute Gasteiger partial charge is 0.308 e. The molecule has 0 saturated carbocycles. The molecule has 1 aliphatic rings. The number of carbonyl (C=O) groups excluding carboxylic acids is 1. The lowest BCUT2D eigenvalue weighted by molar-refractivity contribution is -0.138. The van der Waals surface area contributed by atoms with E-state index in [1.54, 1.807) is 35.4 Å². The summed E-state index contributed by atoms with van der Waals surface area (Å²) < 4.78 is 43.2. The van der Waals surface area contributed by atoms with E-state index in [0.717, 1.165) is 36.0 Å². The molecule has 0 unspecified atom stereocenters. The Labute approximate surface area is 224 Å². The van der Waals surface area contributed by atoms with Crippen molar-refractivity contribution in [1.29, 1.82) is 0 Å². The molecule has 1 saturated heterocycles. The second kappa shape index (κ2) is 11.3. The number of piperazine rings is 1. The Morgan fingerprint density at radius 3 is 2.33 bits per heavy atom. The molecule has 4 aromatic rings. The number of likely N-dealkylation sites (N-methyl/N-ethyl adjacent to an activating group) is 1. The first-order valence-corrected chi connectivity index (χ1v) is 12.5. The van der Waals surface area contributed by atoms with E-state index in [9.17, 15) is 18.0 Å². The minimum absolute atomic E-state index is 0.0707. The van der Waals surface area contributed by atoms with Gasteiger partial charge in [0.2, 0.25) is 0 Å². The van der Waals surface area contributed by atoms with E-state index in [-0.39, 0.29) is 17.8 Å². The molecule has 0 aliphatic carbocycles. The van der Waals surface area contributed by atoms with Crippen LogP contribution in [0.5, 0.6) is 0 Å². The number of hydrogen-bond donors (Lipinski definition) is 2. The van der Waals surface area contributed by atoms with Crippen LogP contribution in [0.15, 0.2) is 79.4 Å². The summed E-state index contributed by atoms with van der Waals surface area (Å²) in [4.78, 5) is 20.8. The Morgan fingerprint density at radius 1 is 0.923 bits per heavy atom. The molecule has 0 atom stereocenters. The Bertz CT molecular complexity index is 1410. The number of alkyl halides is 3. The van der Waals surface area contributed by atoms with E-state index in [1.807, 2.05) is 42.4 Å². The van der Waals surface area contributed by atoms with Gasteiger partial charge in [-0.25, -0.2) is 9.48 Å². The fourth-order valence-electron chi connectivity index (χ4n) is 4.44. The van der Waals surface area contributed by atoms with Crippen molar-refractivity contribution in [2.45, 2.75) is 12.7 Å². The van der Waals surface area contributed by atoms with E-state index >= 15 is 0 Å². The molecule has 2 aromatic carbocycles. The van der Waals surface area contributed by atoms with Gasteiger partial charge in [0.05, 0.1) is 23.6 Å². The molecular formula is C28H28F3N7O. The Balaban J connectivity index is 1.22. The van der Waals surface area contributed by atoms with Gasteiger partial charge >= 0.3 is 12.2 Å². The average Bonchev–Trinajstić information content (AvgIpc) is 3.42. The number of nitrogens with zero attached hydrogens (tertiary/aromatic N) is 5. The van der Waals surface area contributed by atoms with E-state index in [0.29, 0.717) is 18.8 Å². The molecule has 39 heavy (non-hydrogen) atoms. The molecule has 5 rings (SSSR count). The van der Waals surface area contributed by atoms with Crippen LogP contribution < -0.4 is 10.6 Å². The maximum atomic E-state index is 13.8. The highest BCUT2D eigenvalue weighted by molar-refractivity contribution is 6.00. The standard InChI is InChI=1S/C28H28F3N7O/c1-36-11-13-37(14-12-36)18-21-6-9-24(15-26(21)28(29,30)31)35-27(39)34-23-7-4-20(5-8-23)22-16-33-38(19-22)25-3-2-10-32-17-25/h2-10,15-17,19H,11-14,18H2,1H3,(H2,34,35,39). The van der Waals surface area contributed by atoms with Gasteiger partial charge in [-0.05, 0) is 54.6 Å². The van der Waals surface area contributed by atoms with Gasteiger partial charge in [-0.15, -0.1) is 0 Å². The average molecular weight is 536 g/mol. The van der Waals surface area contributed by atoms with Crippen molar-refractivity contribution in [3.05, 3.63) is 90.5 Å². The van der Waals surface area contributed by atoms with Gasteiger partial charge in [0, 0.05) is 62.1 Å². The number of anilines is 2. The van der Waals surface area contributed by atoms with Crippen molar-refractivity contribution in [1.82, 2.24) is 24.6 Å². The number of halogens is 3. The van der Waals surface area contributed by atoms with Crippen LogP contribution in [0.2, 0.25) is 0 Å². The summed E-state index contributed by atoms with van der Waals surface area (Å²) >= 11 is 0. The summed E-state index contributed by atoms with van der Waals surface area (Å²) in [5.74, 6) is 0. The van der Waals surface area contributed by atoms with Gasteiger partial charge < -0.3 is 15.5 Å². The Kier molecular flexibility index (Phi) is 7.62. The maximum Gasteiger partial charge on any atom is 0.416 e. The molecule has 2 aromatic heterocycles. The number of carbonyl (C=O) groups is 1. The predicted molar refractivity (Wildman–Crippen MR) is 144 cm³/mol. The molecule has 1 aliphatic heterocycles. The van der Waals surface area contributed by atoms with E-state index in [4.69, 9.17) is 0 Å². The van der Waals surface area contributed by atoms with E-state index in [2.05, 4.69) is 25.6 Å². The van der Waals surface area contributed by atoms with Gasteiger partial charge in [-0.1, -0.05) is 18.2 Å². The van der Waals surface area contributed by atoms with Crippen molar-refractivity contribution in [2.75, 3.05) is 43.9 Å². The van der Waals surface area contributed by atoms with Crippen LogP contribution in [0.4, 0.5) is 29.3 Å². The lowest BCUT2D eigenvalue weighted by Crippen LogP contribution is -2.44. The number of pyridine rings is 1. The van der Waals surface area contributed by atoms with Crippen LogP contribution in [0.3, 0.4) is 0 Å². The van der Waals surface area contributed by atoms with Crippen LogP contribution in [0.25, 0.3) is 16.8 Å². The predicted octanol–water partition coefficient (Wildman–Crippen LogP) is 5.34. The third-order valence-corrected chi connectivity index (χ3v) is 6.63. The quantitative estimate of drug-likeness (QED) is 0.348. The summed E-state index contributed by atoms with van der Waals surface area (Å²) in [7, 11) is 2.00. The number of urea groups is 1. The zero-order valence-corrected chi connectivity index (χ0v) is 21.3. The van der Waals surface area contributed by atoms with Gasteiger partial charge in [-0.2, -0.15) is 18.3 Å². The molecule has 3 heterocycles. The number of amides is 2. The second-order valence-corrected chi connectivity index (χ2v) is 9.49. The van der Waals surface area contributed by atoms with E-state index in [1.165, 1.54) is 12.1 Å². The molecule has 11 heteroatoms. The molecule has 1 fully saturated rings. The van der Waals surface area contributed by atoms with Crippen molar-refractivity contribution < 1.29 is 18.0 Å². The molecule has 0 bridgehead atoms. The van der Waals surface area contributed by atoms with Gasteiger partial charge in [-0.3, -0.25) is 9.88 Å². The van der Waals surface area contributed by atoms with Crippen molar-refractivity contribution in [3.63, 3.8) is 0 Å². The summed E-state index contributed by atoms with van der Waals surface area (Å²) in [5.41, 5.74) is 2.63. The van der Waals surface area contributed by atoms with Gasteiger partial charge in [0.15, 0.2) is 0 Å². The zero-order chi connectivity index (χ0) is 27.4. The van der Waals surface area contributed by atoms with Crippen LogP contribution in [-0.4, -0.2) is 63.8 Å². The largest absolute Gasteiger partial charge is 0.416 e. The lowest BCUT2D eigenvalue weighted by Gasteiger charge is -2.33. The van der Waals surface area contributed by atoms with Crippen LogP contribution in [-0.2, 0) is 12.7 Å². The second-order valence-electron chi connectivity index (χ2n) is 9.49. The molecular weight excluding hydrogens is 507 g/mol. The molecule has 0 spiro atoms. The third kappa shape index (κ3) is 6.62. The SMILES string of the molecule is CN1CCN(Cc2ccc(NC(=O)Nc3ccc(-c4cnn(-c5cccnc5)c4)cc3)cc2C(F)(F)F)CC1. The summed E-state index contributed by atoms with van der Waals surface area (Å²) in [6.45, 7) is 3.26. The highest BCUT2D eigenvalue weighted by Crippen LogP contribution is 2.34. The topological polar surface area (TPSA) is 78.3 Å². The third-order valence-electron chi connectivity index (χ3n) is 6.63. The zero-order valence-electron chi connectivity index (χ0n) is 21.3. The molecule has 0 radical (unpaired) electrons. The lowest BCUT2D eigenvalue weighted by atomic mass is 10.0. The monoisotopic (exact) mass is 535 g/mol. The normalized spacial score (nSPS) is 14.8. The number of aromatic nitrogens is 3. The fourth-order valence-corrected chi connectivity index (χ4v) is 4.44. The maximum absolute atomic E-state index is 13.8.